The third kappa shape index (κ3) is 4.93. The number of ether oxygens (including phenoxy) is 1. The van der Waals surface area contributed by atoms with Crippen LogP contribution in [0.4, 0.5) is 11.4 Å². The van der Waals surface area contributed by atoms with Crippen molar-refractivity contribution in [1.82, 2.24) is 4.90 Å². The SMILES string of the molecule is CCOC(=O)c1cccc(N(CC)CCCN(C)C)c1N. The lowest BCUT2D eigenvalue weighted by atomic mass is 10.1. The number of para-hydroxylation sites is 1. The van der Waals surface area contributed by atoms with Gasteiger partial charge in [-0.15, -0.1) is 0 Å². The molecule has 1 aromatic rings. The quantitative estimate of drug-likeness (QED) is 0.588. The Labute approximate surface area is 127 Å². The summed E-state index contributed by atoms with van der Waals surface area (Å²) < 4.78 is 5.05. The lowest BCUT2D eigenvalue weighted by molar-refractivity contribution is 0.0527. The number of hydrogen-bond acceptors (Lipinski definition) is 5. The van der Waals surface area contributed by atoms with Gasteiger partial charge < -0.3 is 20.3 Å². The lowest BCUT2D eigenvalue weighted by Crippen LogP contribution is -2.28. The van der Waals surface area contributed by atoms with Crippen molar-refractivity contribution < 1.29 is 9.53 Å². The highest BCUT2D eigenvalue weighted by molar-refractivity contribution is 5.98. The highest BCUT2D eigenvalue weighted by atomic mass is 16.5. The molecular formula is C16H27N3O2. The van der Waals surface area contributed by atoms with Crippen molar-refractivity contribution in [2.24, 2.45) is 0 Å². The number of nitrogens with zero attached hydrogens (tertiary/aromatic N) is 2. The maximum atomic E-state index is 11.9. The van der Waals surface area contributed by atoms with Gasteiger partial charge in [0, 0.05) is 13.1 Å². The van der Waals surface area contributed by atoms with Crippen molar-refractivity contribution in [2.45, 2.75) is 20.3 Å². The number of nitrogen functional groups attached to an aromatic ring is 1. The minimum atomic E-state index is -0.360. The second-order valence-electron chi connectivity index (χ2n) is 5.20. The van der Waals surface area contributed by atoms with Gasteiger partial charge in [-0.05, 0) is 53.0 Å². The van der Waals surface area contributed by atoms with Crippen LogP contribution < -0.4 is 10.6 Å². The zero-order valence-electron chi connectivity index (χ0n) is 13.6. The van der Waals surface area contributed by atoms with Crippen LogP contribution in [0.2, 0.25) is 0 Å². The first-order chi connectivity index (χ1) is 10.0. The van der Waals surface area contributed by atoms with Crippen molar-refractivity contribution in [2.75, 3.05) is 51.0 Å². The minimum absolute atomic E-state index is 0.350. The van der Waals surface area contributed by atoms with Gasteiger partial charge in [-0.3, -0.25) is 0 Å². The number of carbonyl (C=O) groups is 1. The molecule has 0 unspecified atom stereocenters. The fraction of sp³-hybridized carbons (Fsp3) is 0.562. The Bertz CT molecular complexity index is 461. The minimum Gasteiger partial charge on any atom is -0.462 e. The molecule has 0 bridgehead atoms. The first kappa shape index (κ1) is 17.3. The summed E-state index contributed by atoms with van der Waals surface area (Å²) in [5.74, 6) is -0.360. The number of nitrogens with two attached hydrogens (primary N) is 1. The summed E-state index contributed by atoms with van der Waals surface area (Å²) in [6, 6.07) is 5.52. The van der Waals surface area contributed by atoms with E-state index in [-0.39, 0.29) is 5.97 Å². The van der Waals surface area contributed by atoms with Gasteiger partial charge in [0.1, 0.15) is 0 Å². The van der Waals surface area contributed by atoms with Crippen LogP contribution in [0.5, 0.6) is 0 Å². The van der Waals surface area contributed by atoms with E-state index in [0.29, 0.717) is 17.9 Å². The van der Waals surface area contributed by atoms with Gasteiger partial charge >= 0.3 is 5.97 Å². The van der Waals surface area contributed by atoms with Crippen molar-refractivity contribution in [3.8, 4) is 0 Å². The summed E-state index contributed by atoms with van der Waals surface area (Å²) in [6.45, 7) is 7.01. The van der Waals surface area contributed by atoms with Crippen LogP contribution in [-0.4, -0.2) is 51.2 Å². The zero-order chi connectivity index (χ0) is 15.8. The molecule has 0 aliphatic heterocycles. The molecule has 1 aromatic carbocycles. The summed E-state index contributed by atoms with van der Waals surface area (Å²) in [5, 5.41) is 0. The predicted octanol–water partition coefficient (Wildman–Crippen LogP) is 2.22. The molecule has 2 N–H and O–H groups in total. The predicted molar refractivity (Wildman–Crippen MR) is 87.9 cm³/mol. The third-order valence-electron chi connectivity index (χ3n) is 3.33. The summed E-state index contributed by atoms with van der Waals surface area (Å²) >= 11 is 0. The van der Waals surface area contributed by atoms with Crippen LogP contribution in [0, 0.1) is 0 Å². The Kier molecular flexibility index (Phi) is 7.02. The molecule has 5 heteroatoms. The van der Waals surface area contributed by atoms with E-state index in [1.165, 1.54) is 0 Å². The molecule has 0 fully saturated rings. The van der Waals surface area contributed by atoms with Gasteiger partial charge in [0.05, 0.1) is 23.5 Å². The molecule has 5 nitrogen and oxygen atoms in total. The third-order valence-corrected chi connectivity index (χ3v) is 3.33. The van der Waals surface area contributed by atoms with Gasteiger partial charge in [-0.25, -0.2) is 4.79 Å². The molecule has 0 aromatic heterocycles. The molecule has 0 saturated heterocycles. The van der Waals surface area contributed by atoms with Gasteiger partial charge in [-0.2, -0.15) is 0 Å². The normalized spacial score (nSPS) is 10.7. The smallest absolute Gasteiger partial charge is 0.340 e. The Hall–Kier alpha value is -1.75. The van der Waals surface area contributed by atoms with Crippen LogP contribution in [0.3, 0.4) is 0 Å². The largest absolute Gasteiger partial charge is 0.462 e. The van der Waals surface area contributed by atoms with Crippen LogP contribution in [0.25, 0.3) is 0 Å². The van der Waals surface area contributed by atoms with E-state index in [1.807, 2.05) is 12.1 Å². The Morgan fingerprint density at radius 2 is 1.95 bits per heavy atom. The van der Waals surface area contributed by atoms with Crippen LogP contribution in [0.1, 0.15) is 30.6 Å². The van der Waals surface area contributed by atoms with Crippen molar-refractivity contribution >= 4 is 17.3 Å². The number of hydrogen-bond donors (Lipinski definition) is 1. The van der Waals surface area contributed by atoms with Crippen LogP contribution >= 0.6 is 0 Å². The molecule has 0 aliphatic carbocycles. The molecule has 0 saturated carbocycles. The monoisotopic (exact) mass is 293 g/mol. The summed E-state index contributed by atoms with van der Waals surface area (Å²) in [6.07, 6.45) is 1.05. The number of anilines is 2. The van der Waals surface area contributed by atoms with E-state index < -0.39 is 0 Å². The van der Waals surface area contributed by atoms with Crippen LogP contribution in [-0.2, 0) is 4.74 Å². The zero-order valence-corrected chi connectivity index (χ0v) is 13.6. The number of carbonyl (C=O) groups excluding carboxylic acids is 1. The second kappa shape index (κ2) is 8.52. The van der Waals surface area contributed by atoms with E-state index >= 15 is 0 Å². The van der Waals surface area contributed by atoms with Gasteiger partial charge in [0.25, 0.3) is 0 Å². The fourth-order valence-electron chi connectivity index (χ4n) is 2.24. The topological polar surface area (TPSA) is 58.8 Å². The van der Waals surface area contributed by atoms with Gasteiger partial charge in [-0.1, -0.05) is 6.07 Å². The van der Waals surface area contributed by atoms with Gasteiger partial charge in [0.15, 0.2) is 0 Å². The van der Waals surface area contributed by atoms with E-state index in [1.54, 1.807) is 13.0 Å². The molecule has 0 heterocycles. The second-order valence-corrected chi connectivity index (χ2v) is 5.20. The Morgan fingerprint density at radius 1 is 1.24 bits per heavy atom. The molecule has 118 valence electrons. The van der Waals surface area contributed by atoms with Crippen molar-refractivity contribution in [3.63, 3.8) is 0 Å². The molecule has 1 rings (SSSR count). The summed E-state index contributed by atoms with van der Waals surface area (Å²) in [7, 11) is 4.12. The standard InChI is InChI=1S/C16H27N3O2/c1-5-19(12-8-11-18(3)4)14-10-7-9-13(15(14)17)16(20)21-6-2/h7,9-10H,5-6,8,11-12,17H2,1-4H3. The van der Waals surface area contributed by atoms with Crippen molar-refractivity contribution in [1.29, 1.82) is 0 Å². The summed E-state index contributed by atoms with van der Waals surface area (Å²) in [4.78, 5) is 16.3. The molecule has 0 atom stereocenters. The highest BCUT2D eigenvalue weighted by Gasteiger charge is 2.16. The summed E-state index contributed by atoms with van der Waals surface area (Å²) in [5.41, 5.74) is 8.02. The number of rotatable bonds is 8. The van der Waals surface area contributed by atoms with E-state index in [4.69, 9.17) is 10.5 Å². The van der Waals surface area contributed by atoms with Gasteiger partial charge in [0.2, 0.25) is 0 Å². The Balaban J connectivity index is 2.89. The highest BCUT2D eigenvalue weighted by Crippen LogP contribution is 2.27. The average molecular weight is 293 g/mol. The number of benzene rings is 1. The van der Waals surface area contributed by atoms with E-state index in [9.17, 15) is 4.79 Å². The van der Waals surface area contributed by atoms with Crippen molar-refractivity contribution in [3.05, 3.63) is 23.8 Å². The molecule has 0 amide bonds. The maximum absolute atomic E-state index is 11.9. The first-order valence-corrected chi connectivity index (χ1v) is 7.46. The average Bonchev–Trinajstić information content (AvgIpc) is 2.44. The molecule has 0 radical (unpaired) electrons. The molecular weight excluding hydrogens is 266 g/mol. The first-order valence-electron chi connectivity index (χ1n) is 7.46. The molecule has 0 aliphatic rings. The Morgan fingerprint density at radius 3 is 2.52 bits per heavy atom. The molecule has 0 spiro atoms. The van der Waals surface area contributed by atoms with E-state index in [2.05, 4.69) is 30.8 Å². The van der Waals surface area contributed by atoms with Crippen LogP contribution in [0.15, 0.2) is 18.2 Å². The fourth-order valence-corrected chi connectivity index (χ4v) is 2.24. The molecule has 21 heavy (non-hydrogen) atoms. The van der Waals surface area contributed by atoms with E-state index in [0.717, 1.165) is 31.7 Å². The lowest BCUT2D eigenvalue weighted by Gasteiger charge is -2.26. The number of esters is 1. The maximum Gasteiger partial charge on any atom is 0.340 e.